The van der Waals surface area contributed by atoms with Gasteiger partial charge in [0.15, 0.2) is 5.96 Å². The monoisotopic (exact) mass is 370 g/mol. The van der Waals surface area contributed by atoms with Crippen molar-refractivity contribution in [2.24, 2.45) is 4.99 Å². The molecule has 0 aliphatic heterocycles. The van der Waals surface area contributed by atoms with Crippen LogP contribution in [0.1, 0.15) is 33.3 Å². The zero-order valence-corrected chi connectivity index (χ0v) is 16.5. The number of sulfonamides is 1. The molecule has 25 heavy (non-hydrogen) atoms. The average molecular weight is 371 g/mol. The first kappa shape index (κ1) is 21.4. The number of ether oxygens (including phenoxy) is 1. The highest BCUT2D eigenvalue weighted by Crippen LogP contribution is 2.17. The third-order valence-corrected chi connectivity index (χ3v) is 4.97. The Kier molecular flexibility index (Phi) is 8.34. The molecule has 1 aromatic carbocycles. The van der Waals surface area contributed by atoms with Gasteiger partial charge >= 0.3 is 0 Å². The second-order valence-corrected chi connectivity index (χ2v) is 8.16. The third-order valence-electron chi connectivity index (χ3n) is 3.12. The average Bonchev–Trinajstić information content (AvgIpc) is 2.52. The van der Waals surface area contributed by atoms with E-state index in [2.05, 4.69) is 20.3 Å². The normalized spacial score (nSPS) is 12.9. The van der Waals surface area contributed by atoms with Crippen LogP contribution in [0.5, 0.6) is 0 Å². The molecule has 1 rings (SSSR count). The van der Waals surface area contributed by atoms with Crippen LogP contribution in [0, 0.1) is 0 Å². The van der Waals surface area contributed by atoms with Crippen molar-refractivity contribution in [2.45, 2.75) is 44.7 Å². The van der Waals surface area contributed by atoms with E-state index >= 15 is 0 Å². The minimum absolute atomic E-state index is 0.266. The third kappa shape index (κ3) is 7.85. The lowest BCUT2D eigenvalue weighted by atomic mass is 10.1. The Labute approximate surface area is 151 Å². The summed E-state index contributed by atoms with van der Waals surface area (Å²) in [5.74, 6) is 0.593. The Morgan fingerprint density at radius 3 is 2.48 bits per heavy atom. The highest BCUT2D eigenvalue weighted by molar-refractivity contribution is 7.89. The van der Waals surface area contributed by atoms with Gasteiger partial charge < -0.3 is 15.4 Å². The van der Waals surface area contributed by atoms with E-state index in [4.69, 9.17) is 4.74 Å². The second kappa shape index (κ2) is 9.74. The summed E-state index contributed by atoms with van der Waals surface area (Å²) >= 11 is 0. The molecule has 0 aliphatic carbocycles. The van der Waals surface area contributed by atoms with Gasteiger partial charge in [-0.05, 0) is 39.3 Å². The summed E-state index contributed by atoms with van der Waals surface area (Å²) in [6.45, 7) is 9.60. The number of aliphatic imine (C=N–C) groups is 1. The number of guanidine groups is 1. The highest BCUT2D eigenvalue weighted by Gasteiger charge is 2.24. The molecule has 8 heteroatoms. The Bertz CT molecular complexity index is 667. The van der Waals surface area contributed by atoms with Crippen molar-refractivity contribution in [1.82, 2.24) is 15.4 Å². The molecule has 0 saturated heterocycles. The molecule has 0 saturated carbocycles. The molecule has 0 unspecified atom stereocenters. The summed E-state index contributed by atoms with van der Waals surface area (Å²) in [5, 5.41) is 6.25. The van der Waals surface area contributed by atoms with E-state index in [9.17, 15) is 8.42 Å². The number of nitrogens with zero attached hydrogens (tertiary/aromatic N) is 1. The van der Waals surface area contributed by atoms with E-state index in [-0.39, 0.29) is 4.90 Å². The van der Waals surface area contributed by atoms with Crippen LogP contribution >= 0.6 is 0 Å². The number of benzene rings is 1. The molecule has 0 spiro atoms. The molecule has 0 radical (unpaired) electrons. The van der Waals surface area contributed by atoms with Crippen molar-refractivity contribution in [1.29, 1.82) is 0 Å². The highest BCUT2D eigenvalue weighted by atomic mass is 32.2. The minimum atomic E-state index is -3.60. The van der Waals surface area contributed by atoms with Crippen LogP contribution in [-0.4, -0.2) is 46.7 Å². The zero-order valence-electron chi connectivity index (χ0n) is 15.7. The summed E-state index contributed by atoms with van der Waals surface area (Å²) in [7, 11) is -1.93. The lowest BCUT2D eigenvalue weighted by Crippen LogP contribution is -2.41. The molecule has 1 aromatic rings. The van der Waals surface area contributed by atoms with Gasteiger partial charge in [-0.3, -0.25) is 4.99 Å². The lowest BCUT2D eigenvalue weighted by molar-refractivity contribution is 0.152. The van der Waals surface area contributed by atoms with Crippen LogP contribution in [0.2, 0.25) is 0 Å². The molecule has 0 aromatic heterocycles. The first-order valence-corrected chi connectivity index (χ1v) is 9.82. The fourth-order valence-corrected chi connectivity index (χ4v) is 3.81. The van der Waals surface area contributed by atoms with Crippen LogP contribution in [0.4, 0.5) is 0 Å². The SMILES string of the molecule is CCOCCNC(=NC)NCc1ccccc1S(=O)(=O)NC(C)(C)C. The molecule has 142 valence electrons. The van der Waals surface area contributed by atoms with Crippen LogP contribution in [0.3, 0.4) is 0 Å². The zero-order chi connectivity index (χ0) is 18.9. The molecule has 7 nitrogen and oxygen atoms in total. The summed E-state index contributed by atoms with van der Waals surface area (Å²) in [5.41, 5.74) is 0.128. The van der Waals surface area contributed by atoms with Gasteiger partial charge in [0.25, 0.3) is 0 Å². The number of hydrogen-bond donors (Lipinski definition) is 3. The number of rotatable bonds is 8. The van der Waals surface area contributed by atoms with E-state index in [1.807, 2.05) is 33.8 Å². The number of nitrogens with one attached hydrogen (secondary N) is 3. The Morgan fingerprint density at radius 2 is 1.88 bits per heavy atom. The molecular weight excluding hydrogens is 340 g/mol. The Hall–Kier alpha value is -1.64. The largest absolute Gasteiger partial charge is 0.380 e. The first-order chi connectivity index (χ1) is 11.7. The number of hydrogen-bond acceptors (Lipinski definition) is 4. The summed E-state index contributed by atoms with van der Waals surface area (Å²) in [6, 6.07) is 6.93. The van der Waals surface area contributed by atoms with Gasteiger partial charge in [0.1, 0.15) is 0 Å². The summed E-state index contributed by atoms with van der Waals surface area (Å²) in [4.78, 5) is 4.39. The minimum Gasteiger partial charge on any atom is -0.380 e. The maximum atomic E-state index is 12.6. The smallest absolute Gasteiger partial charge is 0.241 e. The molecule has 0 atom stereocenters. The molecule has 0 bridgehead atoms. The summed E-state index contributed by atoms with van der Waals surface area (Å²) in [6.07, 6.45) is 0. The van der Waals surface area contributed by atoms with Crippen LogP contribution < -0.4 is 15.4 Å². The molecule has 3 N–H and O–H groups in total. The van der Waals surface area contributed by atoms with Crippen LogP contribution in [0.25, 0.3) is 0 Å². The predicted octanol–water partition coefficient (Wildman–Crippen LogP) is 1.46. The molecule has 0 fully saturated rings. The summed E-state index contributed by atoms with van der Waals surface area (Å²) < 4.78 is 33.2. The fourth-order valence-electron chi connectivity index (χ4n) is 2.16. The fraction of sp³-hybridized carbons (Fsp3) is 0.588. The van der Waals surface area contributed by atoms with Gasteiger partial charge in [-0.2, -0.15) is 0 Å². The van der Waals surface area contributed by atoms with E-state index in [0.29, 0.717) is 37.8 Å². The van der Waals surface area contributed by atoms with Crippen LogP contribution in [0.15, 0.2) is 34.2 Å². The molecule has 0 heterocycles. The van der Waals surface area contributed by atoms with Crippen molar-refractivity contribution >= 4 is 16.0 Å². The van der Waals surface area contributed by atoms with Gasteiger partial charge in [0, 0.05) is 32.3 Å². The second-order valence-electron chi connectivity index (χ2n) is 6.51. The van der Waals surface area contributed by atoms with Gasteiger partial charge in [-0.1, -0.05) is 18.2 Å². The quantitative estimate of drug-likeness (QED) is 0.366. The standard InChI is InChI=1S/C17H30N4O3S/c1-6-24-12-11-19-16(18-5)20-13-14-9-7-8-10-15(14)25(22,23)21-17(2,3)4/h7-10,21H,6,11-13H2,1-5H3,(H2,18,19,20). The molecule has 0 amide bonds. The molecular formula is C17H30N4O3S. The van der Waals surface area contributed by atoms with Crippen molar-refractivity contribution in [3.05, 3.63) is 29.8 Å². The van der Waals surface area contributed by atoms with Crippen LogP contribution in [-0.2, 0) is 21.3 Å². The Morgan fingerprint density at radius 1 is 1.20 bits per heavy atom. The Balaban J connectivity index is 2.80. The maximum absolute atomic E-state index is 12.6. The molecule has 0 aliphatic rings. The van der Waals surface area contributed by atoms with Gasteiger partial charge in [-0.15, -0.1) is 0 Å². The van der Waals surface area contributed by atoms with E-state index in [1.165, 1.54) is 0 Å². The van der Waals surface area contributed by atoms with E-state index in [1.54, 1.807) is 25.2 Å². The van der Waals surface area contributed by atoms with E-state index < -0.39 is 15.6 Å². The lowest BCUT2D eigenvalue weighted by Gasteiger charge is -2.22. The van der Waals surface area contributed by atoms with Gasteiger partial charge in [0.05, 0.1) is 11.5 Å². The first-order valence-electron chi connectivity index (χ1n) is 8.33. The maximum Gasteiger partial charge on any atom is 0.241 e. The van der Waals surface area contributed by atoms with Crippen molar-refractivity contribution in [3.63, 3.8) is 0 Å². The van der Waals surface area contributed by atoms with Gasteiger partial charge in [0.2, 0.25) is 10.0 Å². The van der Waals surface area contributed by atoms with Crippen molar-refractivity contribution in [2.75, 3.05) is 26.8 Å². The topological polar surface area (TPSA) is 91.8 Å². The van der Waals surface area contributed by atoms with Crippen molar-refractivity contribution in [3.8, 4) is 0 Å². The van der Waals surface area contributed by atoms with Crippen molar-refractivity contribution < 1.29 is 13.2 Å². The van der Waals surface area contributed by atoms with E-state index in [0.717, 1.165) is 0 Å². The predicted molar refractivity (Wildman–Crippen MR) is 101 cm³/mol. The van der Waals surface area contributed by atoms with Gasteiger partial charge in [-0.25, -0.2) is 13.1 Å².